The number of carbonyl (C=O) groups excluding carboxylic acids is 1. The zero-order chi connectivity index (χ0) is 13.5. The lowest BCUT2D eigenvalue weighted by Gasteiger charge is -2.37. The molecule has 1 saturated heterocycles. The molecule has 0 atom stereocenters. The van der Waals surface area contributed by atoms with E-state index in [1.165, 1.54) is 12.6 Å². The lowest BCUT2D eigenvalue weighted by Crippen LogP contribution is -2.48. The smallest absolute Gasteiger partial charge is 0.291 e. The van der Waals surface area contributed by atoms with Crippen LogP contribution >= 0.6 is 0 Å². The Bertz CT molecular complexity index is 723. The molecule has 3 aromatic rings. The van der Waals surface area contributed by atoms with E-state index >= 15 is 0 Å². The van der Waals surface area contributed by atoms with Gasteiger partial charge in [-0.3, -0.25) is 4.79 Å². The molecule has 1 aromatic carbocycles. The first kappa shape index (κ1) is 11.2. The Morgan fingerprint density at radius 2 is 2.20 bits per heavy atom. The van der Waals surface area contributed by atoms with Crippen molar-refractivity contribution in [2.24, 2.45) is 0 Å². The van der Waals surface area contributed by atoms with Gasteiger partial charge in [0.05, 0.1) is 23.1 Å². The van der Waals surface area contributed by atoms with Crippen LogP contribution in [0.1, 0.15) is 22.3 Å². The highest BCUT2D eigenvalue weighted by Gasteiger charge is 2.35. The van der Waals surface area contributed by atoms with E-state index in [1.807, 2.05) is 24.3 Å². The number of oxazole rings is 1. The Morgan fingerprint density at radius 3 is 2.95 bits per heavy atom. The molecule has 0 radical (unpaired) electrons. The van der Waals surface area contributed by atoms with Crippen molar-refractivity contribution in [3.8, 4) is 0 Å². The summed E-state index contributed by atoms with van der Waals surface area (Å²) < 4.78 is 5.02. The SMILES string of the molecule is O=C(c1cnco1)N1CC(c2nc3ccccc3[nH]2)C1. The molecule has 1 aliphatic heterocycles. The molecule has 20 heavy (non-hydrogen) atoms. The van der Waals surface area contributed by atoms with Crippen LogP contribution in [0.2, 0.25) is 0 Å². The Morgan fingerprint density at radius 1 is 1.35 bits per heavy atom. The fourth-order valence-electron chi connectivity index (χ4n) is 2.46. The summed E-state index contributed by atoms with van der Waals surface area (Å²) in [5.41, 5.74) is 1.99. The number of likely N-dealkylation sites (tertiary alicyclic amines) is 1. The van der Waals surface area contributed by atoms with Crippen molar-refractivity contribution >= 4 is 16.9 Å². The third kappa shape index (κ3) is 1.69. The number of aromatic amines is 1. The van der Waals surface area contributed by atoms with E-state index in [2.05, 4.69) is 15.0 Å². The Balaban J connectivity index is 1.49. The van der Waals surface area contributed by atoms with Crippen LogP contribution in [-0.4, -0.2) is 38.8 Å². The summed E-state index contributed by atoms with van der Waals surface area (Å²) >= 11 is 0. The molecule has 4 rings (SSSR count). The molecule has 3 heterocycles. The molecule has 1 amide bonds. The number of hydrogen-bond acceptors (Lipinski definition) is 4. The van der Waals surface area contributed by atoms with E-state index in [1.54, 1.807) is 4.90 Å². The Hall–Kier alpha value is -2.63. The van der Waals surface area contributed by atoms with Crippen LogP contribution in [0.15, 0.2) is 41.3 Å². The maximum Gasteiger partial charge on any atom is 0.291 e. The molecule has 6 heteroatoms. The van der Waals surface area contributed by atoms with Gasteiger partial charge in [0.2, 0.25) is 5.76 Å². The molecule has 0 unspecified atom stereocenters. The second kappa shape index (κ2) is 4.19. The number of rotatable bonds is 2. The minimum atomic E-state index is -0.116. The van der Waals surface area contributed by atoms with Crippen LogP contribution in [-0.2, 0) is 0 Å². The van der Waals surface area contributed by atoms with Gasteiger partial charge in [-0.1, -0.05) is 12.1 Å². The summed E-state index contributed by atoms with van der Waals surface area (Å²) in [5.74, 6) is 1.37. The molecule has 1 fully saturated rings. The number of amides is 1. The second-order valence-electron chi connectivity index (χ2n) is 4.91. The molecule has 0 spiro atoms. The average molecular weight is 268 g/mol. The summed E-state index contributed by atoms with van der Waals surface area (Å²) in [6.45, 7) is 1.30. The maximum atomic E-state index is 12.0. The number of nitrogens with zero attached hydrogens (tertiary/aromatic N) is 3. The summed E-state index contributed by atoms with van der Waals surface area (Å²) in [5, 5.41) is 0. The van der Waals surface area contributed by atoms with Gasteiger partial charge in [-0.25, -0.2) is 9.97 Å². The predicted molar refractivity (Wildman–Crippen MR) is 71.2 cm³/mol. The third-order valence-corrected chi connectivity index (χ3v) is 3.61. The number of nitrogens with one attached hydrogen (secondary N) is 1. The molecule has 0 bridgehead atoms. The fourth-order valence-corrected chi connectivity index (χ4v) is 2.46. The summed E-state index contributed by atoms with van der Waals surface area (Å²) in [6, 6.07) is 7.92. The van der Waals surface area contributed by atoms with Gasteiger partial charge >= 0.3 is 0 Å². The first-order valence-corrected chi connectivity index (χ1v) is 6.43. The van der Waals surface area contributed by atoms with Crippen molar-refractivity contribution in [2.45, 2.75) is 5.92 Å². The van der Waals surface area contributed by atoms with Gasteiger partial charge in [0.25, 0.3) is 5.91 Å². The zero-order valence-electron chi connectivity index (χ0n) is 10.6. The molecule has 1 aliphatic rings. The van der Waals surface area contributed by atoms with Crippen molar-refractivity contribution in [3.63, 3.8) is 0 Å². The molecule has 100 valence electrons. The molecule has 0 aliphatic carbocycles. The largest absolute Gasteiger partial charge is 0.438 e. The Labute approximate surface area is 114 Å². The third-order valence-electron chi connectivity index (χ3n) is 3.61. The number of imidazole rings is 1. The van der Waals surface area contributed by atoms with Gasteiger partial charge in [-0.05, 0) is 12.1 Å². The quantitative estimate of drug-likeness (QED) is 0.768. The van der Waals surface area contributed by atoms with Crippen LogP contribution in [0, 0.1) is 0 Å². The van der Waals surface area contributed by atoms with Gasteiger partial charge in [0, 0.05) is 13.1 Å². The van der Waals surface area contributed by atoms with Gasteiger partial charge < -0.3 is 14.3 Å². The van der Waals surface area contributed by atoms with Crippen LogP contribution < -0.4 is 0 Å². The molecular formula is C14H12N4O2. The highest BCUT2D eigenvalue weighted by atomic mass is 16.3. The van der Waals surface area contributed by atoms with Crippen LogP contribution in [0.4, 0.5) is 0 Å². The van der Waals surface area contributed by atoms with Crippen LogP contribution in [0.5, 0.6) is 0 Å². The van der Waals surface area contributed by atoms with Crippen molar-refractivity contribution in [2.75, 3.05) is 13.1 Å². The summed E-state index contributed by atoms with van der Waals surface area (Å²) in [6.07, 6.45) is 2.71. The van der Waals surface area contributed by atoms with Crippen molar-refractivity contribution in [1.29, 1.82) is 0 Å². The number of carbonyl (C=O) groups is 1. The lowest BCUT2D eigenvalue weighted by molar-refractivity contribution is 0.0563. The molecule has 2 aromatic heterocycles. The normalized spacial score (nSPS) is 15.5. The fraction of sp³-hybridized carbons (Fsp3) is 0.214. The van der Waals surface area contributed by atoms with E-state index in [0.29, 0.717) is 13.1 Å². The molecule has 6 nitrogen and oxygen atoms in total. The minimum absolute atomic E-state index is 0.116. The second-order valence-corrected chi connectivity index (χ2v) is 4.91. The van der Waals surface area contributed by atoms with E-state index < -0.39 is 0 Å². The van der Waals surface area contributed by atoms with Crippen LogP contribution in [0.3, 0.4) is 0 Å². The number of aromatic nitrogens is 3. The van der Waals surface area contributed by atoms with Gasteiger partial charge in [-0.2, -0.15) is 0 Å². The number of para-hydroxylation sites is 2. The number of hydrogen-bond donors (Lipinski definition) is 1. The average Bonchev–Trinajstić information content (AvgIpc) is 3.06. The van der Waals surface area contributed by atoms with E-state index in [-0.39, 0.29) is 17.6 Å². The van der Waals surface area contributed by atoms with Gasteiger partial charge in [0.1, 0.15) is 5.82 Å². The molecule has 0 saturated carbocycles. The first-order valence-electron chi connectivity index (χ1n) is 6.43. The topological polar surface area (TPSA) is 75.0 Å². The van der Waals surface area contributed by atoms with Gasteiger partial charge in [-0.15, -0.1) is 0 Å². The maximum absolute atomic E-state index is 12.0. The van der Waals surface area contributed by atoms with E-state index in [4.69, 9.17) is 4.42 Å². The molecular weight excluding hydrogens is 256 g/mol. The monoisotopic (exact) mass is 268 g/mol. The standard InChI is InChI=1S/C14H12N4O2/c19-14(12-5-15-8-20-12)18-6-9(7-18)13-16-10-3-1-2-4-11(10)17-13/h1-5,8-9H,6-7H2,(H,16,17). The highest BCUT2D eigenvalue weighted by molar-refractivity contribution is 5.91. The first-order chi connectivity index (χ1) is 9.81. The zero-order valence-corrected chi connectivity index (χ0v) is 10.6. The van der Waals surface area contributed by atoms with Crippen molar-refractivity contribution < 1.29 is 9.21 Å². The Kier molecular flexibility index (Phi) is 2.35. The summed E-state index contributed by atoms with van der Waals surface area (Å²) in [4.78, 5) is 25.4. The number of benzene rings is 1. The predicted octanol–water partition coefficient (Wildman–Crippen LogP) is 1.79. The van der Waals surface area contributed by atoms with Crippen molar-refractivity contribution in [1.82, 2.24) is 19.9 Å². The van der Waals surface area contributed by atoms with Crippen molar-refractivity contribution in [3.05, 3.63) is 48.4 Å². The highest BCUT2D eigenvalue weighted by Crippen LogP contribution is 2.27. The summed E-state index contributed by atoms with van der Waals surface area (Å²) in [7, 11) is 0. The molecule has 1 N–H and O–H groups in total. The number of fused-ring (bicyclic) bond motifs is 1. The van der Waals surface area contributed by atoms with E-state index in [0.717, 1.165) is 16.9 Å². The minimum Gasteiger partial charge on any atom is -0.438 e. The van der Waals surface area contributed by atoms with E-state index in [9.17, 15) is 4.79 Å². The number of H-pyrrole nitrogens is 1. The lowest BCUT2D eigenvalue weighted by atomic mass is 9.99. The van der Waals surface area contributed by atoms with Crippen LogP contribution in [0.25, 0.3) is 11.0 Å². The van der Waals surface area contributed by atoms with Gasteiger partial charge in [0.15, 0.2) is 6.39 Å².